The topological polar surface area (TPSA) is 110 Å². The number of hydrogen-bond acceptors (Lipinski definition) is 6. The number of carbonyl (C=O) groups is 1. The highest BCUT2D eigenvalue weighted by Crippen LogP contribution is 2.25. The van der Waals surface area contributed by atoms with E-state index in [9.17, 15) is 14.9 Å². The fraction of sp³-hybridized carbons (Fsp3) is 0.0526. The number of amides is 1. The molecule has 3 rings (SSSR count). The first-order valence-electron chi connectivity index (χ1n) is 8.17. The summed E-state index contributed by atoms with van der Waals surface area (Å²) in [6.45, 7) is 0.0655. The molecule has 0 spiro atoms. The molecule has 0 atom stereocenters. The summed E-state index contributed by atoms with van der Waals surface area (Å²) in [5.41, 5.74) is 3.77. The van der Waals surface area contributed by atoms with E-state index in [1.54, 1.807) is 24.3 Å². The van der Waals surface area contributed by atoms with Crippen LogP contribution in [0.25, 0.3) is 11.3 Å². The van der Waals surface area contributed by atoms with Crippen LogP contribution in [0.5, 0.6) is 0 Å². The summed E-state index contributed by atoms with van der Waals surface area (Å²) < 4.78 is 6.54. The highest BCUT2D eigenvalue weighted by atomic mass is 79.9. The van der Waals surface area contributed by atoms with Gasteiger partial charge in [-0.3, -0.25) is 14.9 Å². The maximum atomic E-state index is 11.8. The smallest absolute Gasteiger partial charge is 0.270 e. The van der Waals surface area contributed by atoms with Crippen molar-refractivity contribution >= 4 is 39.4 Å². The summed E-state index contributed by atoms with van der Waals surface area (Å²) in [6.07, 6.45) is 1.36. The number of carbonyl (C=O) groups excluding carboxylic acids is 1. The van der Waals surface area contributed by atoms with Gasteiger partial charge >= 0.3 is 0 Å². The van der Waals surface area contributed by atoms with Crippen molar-refractivity contribution in [2.75, 3.05) is 11.9 Å². The Morgan fingerprint density at radius 2 is 1.96 bits per heavy atom. The van der Waals surface area contributed by atoms with Crippen LogP contribution in [0.2, 0.25) is 0 Å². The summed E-state index contributed by atoms with van der Waals surface area (Å²) in [7, 11) is 0. The second-order valence-electron chi connectivity index (χ2n) is 5.66. The van der Waals surface area contributed by atoms with Crippen molar-refractivity contribution in [3.8, 4) is 11.3 Å². The molecule has 0 aliphatic carbocycles. The first-order chi connectivity index (χ1) is 13.5. The van der Waals surface area contributed by atoms with Gasteiger partial charge in [-0.25, -0.2) is 5.43 Å². The lowest BCUT2D eigenvalue weighted by Gasteiger charge is -2.04. The van der Waals surface area contributed by atoms with E-state index in [-0.39, 0.29) is 18.1 Å². The van der Waals surface area contributed by atoms with Crippen molar-refractivity contribution in [3.63, 3.8) is 0 Å². The summed E-state index contributed by atoms with van der Waals surface area (Å²) in [5.74, 6) is 0.556. The summed E-state index contributed by atoms with van der Waals surface area (Å²) in [6, 6.07) is 16.9. The van der Waals surface area contributed by atoms with Gasteiger partial charge in [-0.2, -0.15) is 5.10 Å². The SMILES string of the molecule is O=C(CNc1ccc(Br)cc1)N/N=C\c1ccc(-c2cccc([N+](=O)[O-])c2)o1. The fourth-order valence-corrected chi connectivity index (χ4v) is 2.57. The standard InChI is InChI=1S/C19H15BrN4O4/c20-14-4-6-15(7-5-14)21-12-19(25)23-22-11-17-8-9-18(28-17)13-2-1-3-16(10-13)24(26)27/h1-11,21H,12H2,(H,23,25)/b22-11-. The van der Waals surface area contributed by atoms with E-state index in [1.165, 1.54) is 18.3 Å². The van der Waals surface area contributed by atoms with E-state index in [1.807, 2.05) is 24.3 Å². The first kappa shape index (κ1) is 19.3. The average Bonchev–Trinajstić information content (AvgIpc) is 3.16. The fourth-order valence-electron chi connectivity index (χ4n) is 2.31. The molecule has 0 saturated heterocycles. The first-order valence-corrected chi connectivity index (χ1v) is 8.96. The van der Waals surface area contributed by atoms with Crippen molar-refractivity contribution in [2.45, 2.75) is 0 Å². The van der Waals surface area contributed by atoms with Gasteiger partial charge in [-0.1, -0.05) is 28.1 Å². The zero-order chi connectivity index (χ0) is 19.9. The molecule has 2 N–H and O–H groups in total. The van der Waals surface area contributed by atoms with Crippen LogP contribution in [0.1, 0.15) is 5.76 Å². The number of nitro groups is 1. The molecular weight excluding hydrogens is 428 g/mol. The lowest BCUT2D eigenvalue weighted by molar-refractivity contribution is -0.384. The molecule has 0 aliphatic heterocycles. The molecule has 1 aromatic heterocycles. The Morgan fingerprint density at radius 1 is 1.18 bits per heavy atom. The third kappa shape index (κ3) is 5.27. The molecule has 1 heterocycles. The van der Waals surface area contributed by atoms with Crippen LogP contribution in [-0.4, -0.2) is 23.6 Å². The molecule has 3 aromatic rings. The van der Waals surface area contributed by atoms with Gasteiger partial charge in [0, 0.05) is 27.9 Å². The number of benzene rings is 2. The zero-order valence-corrected chi connectivity index (χ0v) is 16.0. The predicted molar refractivity (Wildman–Crippen MR) is 109 cm³/mol. The van der Waals surface area contributed by atoms with Crippen LogP contribution in [0.15, 0.2) is 74.7 Å². The monoisotopic (exact) mass is 442 g/mol. The van der Waals surface area contributed by atoms with Gasteiger partial charge in [0.05, 0.1) is 17.7 Å². The Morgan fingerprint density at radius 3 is 2.71 bits per heavy atom. The molecule has 0 bridgehead atoms. The van der Waals surface area contributed by atoms with E-state index >= 15 is 0 Å². The number of furan rings is 1. The van der Waals surface area contributed by atoms with Crippen LogP contribution in [0, 0.1) is 10.1 Å². The quantitative estimate of drug-likeness (QED) is 0.324. The second-order valence-corrected chi connectivity index (χ2v) is 6.58. The van der Waals surface area contributed by atoms with E-state index in [0.717, 1.165) is 10.2 Å². The average molecular weight is 443 g/mol. The molecule has 2 aromatic carbocycles. The van der Waals surface area contributed by atoms with Crippen LogP contribution in [0.3, 0.4) is 0 Å². The zero-order valence-electron chi connectivity index (χ0n) is 14.5. The van der Waals surface area contributed by atoms with Crippen molar-refractivity contribution in [3.05, 3.63) is 81.0 Å². The van der Waals surface area contributed by atoms with Crippen molar-refractivity contribution in [2.24, 2.45) is 5.10 Å². The molecular formula is C19H15BrN4O4. The third-order valence-corrected chi connectivity index (χ3v) is 4.18. The minimum atomic E-state index is -0.466. The number of non-ortho nitro benzene ring substituents is 1. The number of rotatable bonds is 7. The van der Waals surface area contributed by atoms with E-state index in [4.69, 9.17) is 4.42 Å². The van der Waals surface area contributed by atoms with E-state index in [2.05, 4.69) is 31.8 Å². The minimum absolute atomic E-state index is 0.0188. The Labute approximate surface area is 168 Å². The van der Waals surface area contributed by atoms with Gasteiger partial charge in [0.15, 0.2) is 0 Å². The van der Waals surface area contributed by atoms with Crippen molar-refractivity contribution in [1.82, 2.24) is 5.43 Å². The van der Waals surface area contributed by atoms with Crippen LogP contribution in [-0.2, 0) is 4.79 Å². The van der Waals surface area contributed by atoms with Gasteiger partial charge in [-0.15, -0.1) is 0 Å². The number of hydrogen-bond donors (Lipinski definition) is 2. The van der Waals surface area contributed by atoms with Gasteiger partial charge in [0.1, 0.15) is 11.5 Å². The molecule has 0 radical (unpaired) electrons. The second kappa shape index (κ2) is 8.96. The van der Waals surface area contributed by atoms with Crippen LogP contribution < -0.4 is 10.7 Å². The molecule has 8 nitrogen and oxygen atoms in total. The normalized spacial score (nSPS) is 10.8. The van der Waals surface area contributed by atoms with Crippen LogP contribution in [0.4, 0.5) is 11.4 Å². The minimum Gasteiger partial charge on any atom is -0.455 e. The Balaban J connectivity index is 1.53. The Kier molecular flexibility index (Phi) is 6.18. The van der Waals surface area contributed by atoms with E-state index in [0.29, 0.717) is 17.1 Å². The molecule has 28 heavy (non-hydrogen) atoms. The predicted octanol–water partition coefficient (Wildman–Crippen LogP) is 4.18. The Bertz CT molecular complexity index is 1010. The van der Waals surface area contributed by atoms with E-state index < -0.39 is 4.92 Å². The maximum Gasteiger partial charge on any atom is 0.270 e. The molecule has 9 heteroatoms. The van der Waals surface area contributed by atoms with Gasteiger partial charge in [0.2, 0.25) is 0 Å². The highest BCUT2D eigenvalue weighted by molar-refractivity contribution is 9.10. The Hall–Kier alpha value is -3.46. The van der Waals surface area contributed by atoms with Gasteiger partial charge in [0.25, 0.3) is 11.6 Å². The largest absolute Gasteiger partial charge is 0.455 e. The summed E-state index contributed by atoms with van der Waals surface area (Å²) in [5, 5.41) is 17.7. The number of hydrazone groups is 1. The number of anilines is 1. The summed E-state index contributed by atoms with van der Waals surface area (Å²) >= 11 is 3.34. The number of nitro benzene ring substituents is 1. The number of nitrogens with one attached hydrogen (secondary N) is 2. The molecule has 0 unspecified atom stereocenters. The third-order valence-electron chi connectivity index (χ3n) is 3.65. The van der Waals surface area contributed by atoms with Crippen molar-refractivity contribution in [1.29, 1.82) is 0 Å². The number of nitrogens with zero attached hydrogens (tertiary/aromatic N) is 2. The molecule has 0 aliphatic rings. The molecule has 1 amide bonds. The molecule has 0 saturated carbocycles. The molecule has 0 fully saturated rings. The lowest BCUT2D eigenvalue weighted by atomic mass is 10.1. The highest BCUT2D eigenvalue weighted by Gasteiger charge is 2.09. The van der Waals surface area contributed by atoms with Gasteiger partial charge < -0.3 is 9.73 Å². The lowest BCUT2D eigenvalue weighted by Crippen LogP contribution is -2.25. The number of halogens is 1. The van der Waals surface area contributed by atoms with Crippen LogP contribution >= 0.6 is 15.9 Å². The summed E-state index contributed by atoms with van der Waals surface area (Å²) in [4.78, 5) is 22.2. The van der Waals surface area contributed by atoms with Gasteiger partial charge in [-0.05, 0) is 36.4 Å². The maximum absolute atomic E-state index is 11.8. The van der Waals surface area contributed by atoms with Crippen molar-refractivity contribution < 1.29 is 14.1 Å². The molecule has 142 valence electrons.